The first kappa shape index (κ1) is 18.4. The van der Waals surface area contributed by atoms with Crippen molar-refractivity contribution in [3.63, 3.8) is 0 Å². The van der Waals surface area contributed by atoms with Crippen LogP contribution in [0, 0.1) is 6.92 Å². The van der Waals surface area contributed by atoms with Crippen LogP contribution in [0.2, 0.25) is 0 Å². The quantitative estimate of drug-likeness (QED) is 0.715. The SMILES string of the molecule is Cc1ccc(C(=O)NC(C)C(=O)O)cc1S(=O)(=O)NC1CCCC1. The lowest BCUT2D eigenvalue weighted by atomic mass is 10.1. The van der Waals surface area contributed by atoms with Gasteiger partial charge in [0.1, 0.15) is 6.04 Å². The van der Waals surface area contributed by atoms with Crippen LogP contribution >= 0.6 is 0 Å². The molecule has 1 amide bonds. The Morgan fingerprint density at radius 3 is 2.46 bits per heavy atom. The summed E-state index contributed by atoms with van der Waals surface area (Å²) in [6.07, 6.45) is 3.63. The van der Waals surface area contributed by atoms with E-state index < -0.39 is 27.9 Å². The summed E-state index contributed by atoms with van der Waals surface area (Å²) in [5, 5.41) is 11.2. The van der Waals surface area contributed by atoms with Crippen LogP contribution in [-0.4, -0.2) is 37.5 Å². The van der Waals surface area contributed by atoms with Gasteiger partial charge in [-0.15, -0.1) is 0 Å². The van der Waals surface area contributed by atoms with Crippen LogP contribution in [0.4, 0.5) is 0 Å². The van der Waals surface area contributed by atoms with Gasteiger partial charge in [0.2, 0.25) is 10.0 Å². The minimum absolute atomic E-state index is 0.0463. The fourth-order valence-corrected chi connectivity index (χ4v) is 4.27. The lowest BCUT2D eigenvalue weighted by Gasteiger charge is -2.15. The van der Waals surface area contributed by atoms with E-state index in [2.05, 4.69) is 10.0 Å². The zero-order valence-corrected chi connectivity index (χ0v) is 14.5. The Morgan fingerprint density at radius 2 is 1.88 bits per heavy atom. The third kappa shape index (κ3) is 4.33. The Bertz CT molecular complexity index is 739. The van der Waals surface area contributed by atoms with E-state index in [0.29, 0.717) is 5.56 Å². The number of rotatable bonds is 6. The number of nitrogens with one attached hydrogen (secondary N) is 2. The van der Waals surface area contributed by atoms with Crippen molar-refractivity contribution in [1.82, 2.24) is 10.0 Å². The summed E-state index contributed by atoms with van der Waals surface area (Å²) in [6, 6.07) is 3.18. The Kier molecular flexibility index (Phi) is 5.61. The first-order valence-corrected chi connectivity index (χ1v) is 9.35. The molecule has 0 bridgehead atoms. The average Bonchev–Trinajstić information content (AvgIpc) is 2.99. The molecular formula is C16H22N2O5S. The molecule has 0 radical (unpaired) electrons. The van der Waals surface area contributed by atoms with E-state index in [4.69, 9.17) is 5.11 Å². The molecule has 1 saturated carbocycles. The lowest BCUT2D eigenvalue weighted by molar-refractivity contribution is -0.138. The van der Waals surface area contributed by atoms with E-state index in [1.807, 2.05) is 0 Å². The Hall–Kier alpha value is -1.93. The summed E-state index contributed by atoms with van der Waals surface area (Å²) in [5.74, 6) is -1.78. The third-order valence-electron chi connectivity index (χ3n) is 4.13. The monoisotopic (exact) mass is 354 g/mol. The predicted molar refractivity (Wildman–Crippen MR) is 88.3 cm³/mol. The first-order valence-electron chi connectivity index (χ1n) is 7.87. The number of hydrogen-bond donors (Lipinski definition) is 3. The van der Waals surface area contributed by atoms with Crippen molar-refractivity contribution in [2.75, 3.05) is 0 Å². The number of carbonyl (C=O) groups excluding carboxylic acids is 1. The van der Waals surface area contributed by atoms with E-state index in [9.17, 15) is 18.0 Å². The maximum absolute atomic E-state index is 12.6. The summed E-state index contributed by atoms with van der Waals surface area (Å²) in [4.78, 5) is 23.0. The minimum atomic E-state index is -3.72. The second kappa shape index (κ2) is 7.31. The third-order valence-corrected chi connectivity index (χ3v) is 5.80. The van der Waals surface area contributed by atoms with E-state index in [0.717, 1.165) is 25.7 Å². The van der Waals surface area contributed by atoms with E-state index in [-0.39, 0.29) is 16.5 Å². The molecule has 7 nitrogen and oxygen atoms in total. The summed E-state index contributed by atoms with van der Waals surface area (Å²) in [6.45, 7) is 3.00. The molecule has 1 atom stereocenters. The Balaban J connectivity index is 2.24. The maximum atomic E-state index is 12.6. The van der Waals surface area contributed by atoms with Crippen molar-refractivity contribution in [3.8, 4) is 0 Å². The van der Waals surface area contributed by atoms with Crippen molar-refractivity contribution in [2.24, 2.45) is 0 Å². The number of aryl methyl sites for hydroxylation is 1. The smallest absolute Gasteiger partial charge is 0.325 e. The summed E-state index contributed by atoms with van der Waals surface area (Å²) < 4.78 is 27.8. The van der Waals surface area contributed by atoms with Gasteiger partial charge in [-0.05, 0) is 44.4 Å². The highest BCUT2D eigenvalue weighted by Crippen LogP contribution is 2.22. The molecule has 8 heteroatoms. The molecular weight excluding hydrogens is 332 g/mol. The molecule has 0 spiro atoms. The van der Waals surface area contributed by atoms with Gasteiger partial charge in [0.15, 0.2) is 0 Å². The van der Waals surface area contributed by atoms with E-state index >= 15 is 0 Å². The fraction of sp³-hybridized carbons (Fsp3) is 0.500. The largest absolute Gasteiger partial charge is 0.480 e. The Labute approximate surface area is 141 Å². The van der Waals surface area contributed by atoms with Crippen LogP contribution in [0.1, 0.15) is 48.5 Å². The predicted octanol–water partition coefficient (Wildman–Crippen LogP) is 1.42. The van der Waals surface area contributed by atoms with Gasteiger partial charge >= 0.3 is 5.97 Å². The number of carboxylic acid groups (broad SMARTS) is 1. The number of benzene rings is 1. The van der Waals surface area contributed by atoms with Gasteiger partial charge in [0.05, 0.1) is 4.90 Å². The van der Waals surface area contributed by atoms with Gasteiger partial charge in [-0.1, -0.05) is 18.9 Å². The molecule has 1 unspecified atom stereocenters. The van der Waals surface area contributed by atoms with Crippen LogP contribution in [-0.2, 0) is 14.8 Å². The standard InChI is InChI=1S/C16H22N2O5S/c1-10-7-8-12(15(19)17-11(2)16(20)21)9-14(10)24(22,23)18-13-5-3-4-6-13/h7-9,11,13,18H,3-6H2,1-2H3,(H,17,19)(H,20,21). The molecule has 0 aromatic heterocycles. The van der Waals surface area contributed by atoms with Crippen LogP contribution in [0.5, 0.6) is 0 Å². The van der Waals surface area contributed by atoms with Gasteiger partial charge in [-0.2, -0.15) is 0 Å². The van der Waals surface area contributed by atoms with Crippen molar-refractivity contribution in [2.45, 2.75) is 56.5 Å². The normalized spacial score (nSPS) is 16.8. The van der Waals surface area contributed by atoms with E-state index in [1.165, 1.54) is 19.1 Å². The van der Waals surface area contributed by atoms with Gasteiger partial charge in [-0.25, -0.2) is 13.1 Å². The molecule has 1 aliphatic rings. The molecule has 24 heavy (non-hydrogen) atoms. The van der Waals surface area contributed by atoms with Gasteiger partial charge in [0, 0.05) is 11.6 Å². The van der Waals surface area contributed by atoms with Crippen LogP contribution < -0.4 is 10.0 Å². The molecule has 1 aromatic carbocycles. The van der Waals surface area contributed by atoms with Crippen molar-refractivity contribution in [3.05, 3.63) is 29.3 Å². The minimum Gasteiger partial charge on any atom is -0.480 e. The summed E-state index contributed by atoms with van der Waals surface area (Å²) in [5.41, 5.74) is 0.642. The number of amides is 1. The second-order valence-electron chi connectivity index (χ2n) is 6.12. The van der Waals surface area contributed by atoms with Crippen LogP contribution in [0.3, 0.4) is 0 Å². The van der Waals surface area contributed by atoms with Gasteiger partial charge in [0.25, 0.3) is 5.91 Å². The highest BCUT2D eigenvalue weighted by Gasteiger charge is 2.25. The van der Waals surface area contributed by atoms with Gasteiger partial charge < -0.3 is 10.4 Å². The number of carbonyl (C=O) groups is 2. The maximum Gasteiger partial charge on any atom is 0.325 e. The molecule has 2 rings (SSSR count). The zero-order valence-electron chi connectivity index (χ0n) is 13.7. The van der Waals surface area contributed by atoms with Crippen molar-refractivity contribution in [1.29, 1.82) is 0 Å². The zero-order chi connectivity index (χ0) is 17.9. The number of sulfonamides is 1. The molecule has 1 fully saturated rings. The highest BCUT2D eigenvalue weighted by molar-refractivity contribution is 7.89. The summed E-state index contributed by atoms with van der Waals surface area (Å²) >= 11 is 0. The lowest BCUT2D eigenvalue weighted by Crippen LogP contribution is -2.38. The molecule has 0 aliphatic heterocycles. The number of aliphatic carboxylic acids is 1. The highest BCUT2D eigenvalue weighted by atomic mass is 32.2. The van der Waals surface area contributed by atoms with Crippen LogP contribution in [0.25, 0.3) is 0 Å². The van der Waals surface area contributed by atoms with Crippen LogP contribution in [0.15, 0.2) is 23.1 Å². The molecule has 132 valence electrons. The summed E-state index contributed by atoms with van der Waals surface area (Å²) in [7, 11) is -3.72. The van der Waals surface area contributed by atoms with E-state index in [1.54, 1.807) is 13.0 Å². The molecule has 1 aromatic rings. The number of carboxylic acids is 1. The second-order valence-corrected chi connectivity index (χ2v) is 7.80. The Morgan fingerprint density at radius 1 is 1.25 bits per heavy atom. The topological polar surface area (TPSA) is 113 Å². The fourth-order valence-electron chi connectivity index (χ4n) is 2.70. The van der Waals surface area contributed by atoms with Gasteiger partial charge in [-0.3, -0.25) is 9.59 Å². The number of hydrogen-bond acceptors (Lipinski definition) is 4. The molecule has 3 N–H and O–H groups in total. The molecule has 0 saturated heterocycles. The molecule has 1 aliphatic carbocycles. The van der Waals surface area contributed by atoms with Crippen molar-refractivity contribution >= 4 is 21.9 Å². The van der Waals surface area contributed by atoms with Crippen molar-refractivity contribution < 1.29 is 23.1 Å². The average molecular weight is 354 g/mol. The first-order chi connectivity index (χ1) is 11.2. The molecule has 0 heterocycles.